The average molecular weight is 332 g/mol. The standard InChI is InChI=1S/C17H24N4O3/c1-5-10-18-15(22)11-21(3)12(2)16-19-20-17(24-16)13-6-8-14(23-4)9-7-13/h6-9,12H,5,10-11H2,1-4H3,(H,18,22)/t12-/m0/s1. The highest BCUT2D eigenvalue weighted by Crippen LogP contribution is 2.24. The van der Waals surface area contributed by atoms with Gasteiger partial charge in [-0.05, 0) is 44.7 Å². The molecule has 0 saturated heterocycles. The number of carbonyl (C=O) groups is 1. The minimum absolute atomic E-state index is 0.0129. The molecule has 24 heavy (non-hydrogen) atoms. The Labute approximate surface area is 142 Å². The summed E-state index contributed by atoms with van der Waals surface area (Å²) < 4.78 is 10.9. The third kappa shape index (κ3) is 4.55. The second-order valence-electron chi connectivity index (χ2n) is 5.61. The predicted octanol–water partition coefficient (Wildman–Crippen LogP) is 2.26. The van der Waals surface area contributed by atoms with Crippen LogP contribution in [0.3, 0.4) is 0 Å². The van der Waals surface area contributed by atoms with Crippen LogP contribution < -0.4 is 10.1 Å². The van der Waals surface area contributed by atoms with E-state index in [0.717, 1.165) is 17.7 Å². The average Bonchev–Trinajstić information content (AvgIpc) is 3.09. The zero-order valence-corrected chi connectivity index (χ0v) is 14.6. The number of benzene rings is 1. The second-order valence-corrected chi connectivity index (χ2v) is 5.61. The number of nitrogens with one attached hydrogen (secondary N) is 1. The molecule has 2 aromatic rings. The van der Waals surface area contributed by atoms with Crippen molar-refractivity contribution in [2.75, 3.05) is 27.2 Å². The van der Waals surface area contributed by atoms with Crippen LogP contribution in [0.5, 0.6) is 5.75 Å². The first-order chi connectivity index (χ1) is 11.5. The van der Waals surface area contributed by atoms with E-state index in [1.54, 1.807) is 7.11 Å². The first kappa shape index (κ1) is 17.9. The van der Waals surface area contributed by atoms with E-state index in [1.807, 2.05) is 50.1 Å². The topological polar surface area (TPSA) is 80.5 Å². The highest BCUT2D eigenvalue weighted by Gasteiger charge is 2.20. The summed E-state index contributed by atoms with van der Waals surface area (Å²) in [5.41, 5.74) is 0.824. The fraction of sp³-hybridized carbons (Fsp3) is 0.471. The Bertz CT molecular complexity index is 654. The van der Waals surface area contributed by atoms with Crippen molar-refractivity contribution < 1.29 is 13.9 Å². The maximum Gasteiger partial charge on any atom is 0.247 e. The Morgan fingerprint density at radius 2 is 2.04 bits per heavy atom. The smallest absolute Gasteiger partial charge is 0.247 e. The molecular formula is C17H24N4O3. The third-order valence-electron chi connectivity index (χ3n) is 3.76. The maximum atomic E-state index is 11.8. The zero-order chi connectivity index (χ0) is 17.5. The lowest BCUT2D eigenvalue weighted by molar-refractivity contribution is -0.122. The fourth-order valence-corrected chi connectivity index (χ4v) is 2.13. The van der Waals surface area contributed by atoms with E-state index < -0.39 is 0 Å². The van der Waals surface area contributed by atoms with E-state index in [0.29, 0.717) is 18.3 Å². The SMILES string of the molecule is CCCNC(=O)CN(C)[C@@H](C)c1nnc(-c2ccc(OC)cc2)o1. The van der Waals surface area contributed by atoms with Gasteiger partial charge in [0.1, 0.15) is 5.75 Å². The van der Waals surface area contributed by atoms with Crippen molar-refractivity contribution in [2.24, 2.45) is 0 Å². The van der Waals surface area contributed by atoms with Gasteiger partial charge in [0.15, 0.2) is 0 Å². The Morgan fingerprint density at radius 3 is 2.67 bits per heavy atom. The van der Waals surface area contributed by atoms with E-state index >= 15 is 0 Å². The molecule has 130 valence electrons. The molecule has 2 rings (SSSR count). The number of aromatic nitrogens is 2. The number of amides is 1. The number of rotatable bonds is 8. The van der Waals surface area contributed by atoms with Crippen LogP contribution >= 0.6 is 0 Å². The summed E-state index contributed by atoms with van der Waals surface area (Å²) in [6, 6.07) is 7.25. The molecule has 0 bridgehead atoms. The molecule has 1 N–H and O–H groups in total. The molecule has 0 fully saturated rings. The van der Waals surface area contributed by atoms with Gasteiger partial charge in [0.25, 0.3) is 0 Å². The molecule has 0 aliphatic carbocycles. The Kier molecular flexibility index (Phi) is 6.31. The third-order valence-corrected chi connectivity index (χ3v) is 3.76. The fourth-order valence-electron chi connectivity index (χ4n) is 2.13. The number of methoxy groups -OCH3 is 1. The normalized spacial score (nSPS) is 12.2. The largest absolute Gasteiger partial charge is 0.497 e. The summed E-state index contributed by atoms with van der Waals surface area (Å²) in [6.45, 7) is 4.91. The van der Waals surface area contributed by atoms with Gasteiger partial charge in [-0.2, -0.15) is 0 Å². The van der Waals surface area contributed by atoms with Crippen molar-refractivity contribution in [3.8, 4) is 17.2 Å². The molecule has 0 aliphatic rings. The van der Waals surface area contributed by atoms with Crippen LogP contribution in [0.2, 0.25) is 0 Å². The van der Waals surface area contributed by atoms with Crippen molar-refractivity contribution in [3.63, 3.8) is 0 Å². The van der Waals surface area contributed by atoms with E-state index in [2.05, 4.69) is 15.5 Å². The number of likely N-dealkylation sites (N-methyl/N-ethyl adjacent to an activating group) is 1. The van der Waals surface area contributed by atoms with Gasteiger partial charge in [-0.3, -0.25) is 9.69 Å². The number of nitrogens with zero attached hydrogens (tertiary/aromatic N) is 3. The summed E-state index contributed by atoms with van der Waals surface area (Å²) in [5.74, 6) is 1.68. The summed E-state index contributed by atoms with van der Waals surface area (Å²) in [4.78, 5) is 13.7. The summed E-state index contributed by atoms with van der Waals surface area (Å²) >= 11 is 0. The molecule has 7 nitrogen and oxygen atoms in total. The summed E-state index contributed by atoms with van der Waals surface area (Å²) in [6.07, 6.45) is 0.917. The quantitative estimate of drug-likeness (QED) is 0.799. The van der Waals surface area contributed by atoms with Gasteiger partial charge in [0.05, 0.1) is 19.7 Å². The Hall–Kier alpha value is -2.41. The predicted molar refractivity (Wildman–Crippen MR) is 90.6 cm³/mol. The van der Waals surface area contributed by atoms with E-state index in [1.165, 1.54) is 0 Å². The second kappa shape index (κ2) is 8.44. The van der Waals surface area contributed by atoms with Crippen molar-refractivity contribution >= 4 is 5.91 Å². The molecule has 1 aromatic carbocycles. The lowest BCUT2D eigenvalue weighted by atomic mass is 10.2. The molecule has 0 saturated carbocycles. The number of carbonyl (C=O) groups excluding carboxylic acids is 1. The molecule has 0 radical (unpaired) electrons. The maximum absolute atomic E-state index is 11.8. The highest BCUT2D eigenvalue weighted by atomic mass is 16.5. The minimum Gasteiger partial charge on any atom is -0.497 e. The first-order valence-corrected chi connectivity index (χ1v) is 8.00. The molecule has 0 aliphatic heterocycles. The molecule has 1 aromatic heterocycles. The van der Waals surface area contributed by atoms with E-state index in [-0.39, 0.29) is 18.5 Å². The molecule has 1 atom stereocenters. The Balaban J connectivity index is 2.01. The molecule has 0 unspecified atom stereocenters. The molecular weight excluding hydrogens is 308 g/mol. The molecule has 1 amide bonds. The van der Waals surface area contributed by atoms with Crippen LogP contribution in [0.15, 0.2) is 28.7 Å². The van der Waals surface area contributed by atoms with Gasteiger partial charge in [-0.15, -0.1) is 10.2 Å². The lowest BCUT2D eigenvalue weighted by Gasteiger charge is -2.20. The van der Waals surface area contributed by atoms with Gasteiger partial charge in [-0.1, -0.05) is 6.92 Å². The first-order valence-electron chi connectivity index (χ1n) is 8.00. The van der Waals surface area contributed by atoms with Crippen molar-refractivity contribution in [2.45, 2.75) is 26.3 Å². The van der Waals surface area contributed by atoms with Gasteiger partial charge in [0.2, 0.25) is 17.7 Å². The van der Waals surface area contributed by atoms with Crippen LogP contribution in [-0.2, 0) is 4.79 Å². The van der Waals surface area contributed by atoms with Crippen molar-refractivity contribution in [1.29, 1.82) is 0 Å². The zero-order valence-electron chi connectivity index (χ0n) is 14.6. The van der Waals surface area contributed by atoms with Crippen molar-refractivity contribution in [1.82, 2.24) is 20.4 Å². The summed E-state index contributed by atoms with van der Waals surface area (Å²) in [5, 5.41) is 11.0. The Morgan fingerprint density at radius 1 is 1.33 bits per heavy atom. The molecule has 0 spiro atoms. The van der Waals surface area contributed by atoms with Crippen LogP contribution in [0.4, 0.5) is 0 Å². The van der Waals surface area contributed by atoms with Crippen LogP contribution in [-0.4, -0.2) is 48.3 Å². The van der Waals surface area contributed by atoms with Crippen LogP contribution in [0, 0.1) is 0 Å². The van der Waals surface area contributed by atoms with Crippen LogP contribution in [0.25, 0.3) is 11.5 Å². The van der Waals surface area contributed by atoms with Gasteiger partial charge in [-0.25, -0.2) is 0 Å². The van der Waals surface area contributed by atoms with Gasteiger partial charge < -0.3 is 14.5 Å². The minimum atomic E-state index is -0.156. The monoisotopic (exact) mass is 332 g/mol. The molecule has 7 heteroatoms. The number of hydrogen-bond donors (Lipinski definition) is 1. The van der Waals surface area contributed by atoms with E-state index in [9.17, 15) is 4.79 Å². The van der Waals surface area contributed by atoms with Gasteiger partial charge >= 0.3 is 0 Å². The lowest BCUT2D eigenvalue weighted by Crippen LogP contribution is -2.36. The number of hydrogen-bond acceptors (Lipinski definition) is 6. The summed E-state index contributed by atoms with van der Waals surface area (Å²) in [7, 11) is 3.47. The molecule has 1 heterocycles. The van der Waals surface area contributed by atoms with Crippen molar-refractivity contribution in [3.05, 3.63) is 30.2 Å². The van der Waals surface area contributed by atoms with Crippen LogP contribution in [0.1, 0.15) is 32.2 Å². The highest BCUT2D eigenvalue weighted by molar-refractivity contribution is 5.77. The van der Waals surface area contributed by atoms with E-state index in [4.69, 9.17) is 9.15 Å². The number of ether oxygens (including phenoxy) is 1. The van der Waals surface area contributed by atoms with Gasteiger partial charge in [0, 0.05) is 12.1 Å².